The lowest BCUT2D eigenvalue weighted by Crippen LogP contribution is -2.29. The van der Waals surface area contributed by atoms with E-state index in [9.17, 15) is 19.5 Å². The number of aromatic nitrogens is 1. The monoisotopic (exact) mass is 622 g/mol. The number of ether oxygens (including phenoxy) is 4. The van der Waals surface area contributed by atoms with Crippen LogP contribution in [0.4, 0.5) is 5.13 Å². The maximum atomic E-state index is 13.7. The summed E-state index contributed by atoms with van der Waals surface area (Å²) in [5, 5.41) is 11.7. The molecule has 3 aromatic rings. The van der Waals surface area contributed by atoms with Gasteiger partial charge in [-0.05, 0) is 82.0 Å². The van der Waals surface area contributed by atoms with E-state index >= 15 is 0 Å². The highest BCUT2D eigenvalue weighted by Gasteiger charge is 2.48. The molecule has 1 amide bonds. The summed E-state index contributed by atoms with van der Waals surface area (Å²) in [6.07, 6.45) is 0.849. The molecule has 1 aliphatic heterocycles. The van der Waals surface area contributed by atoms with Crippen LogP contribution >= 0.6 is 11.3 Å². The molecule has 1 aliphatic rings. The number of carbonyl (C=O) groups is 3. The van der Waals surface area contributed by atoms with Crippen molar-refractivity contribution < 1.29 is 38.4 Å². The zero-order chi connectivity index (χ0) is 32.0. The lowest BCUT2D eigenvalue weighted by Gasteiger charge is -2.24. The minimum Gasteiger partial charge on any atom is -0.507 e. The fourth-order valence-corrected chi connectivity index (χ4v) is 5.72. The number of rotatable bonds is 13. The van der Waals surface area contributed by atoms with Crippen molar-refractivity contribution in [1.82, 2.24) is 4.98 Å². The van der Waals surface area contributed by atoms with E-state index < -0.39 is 23.7 Å². The Morgan fingerprint density at radius 3 is 2.32 bits per heavy atom. The molecule has 44 heavy (non-hydrogen) atoms. The molecule has 1 atom stereocenters. The highest BCUT2D eigenvalue weighted by molar-refractivity contribution is 7.17. The van der Waals surface area contributed by atoms with Crippen molar-refractivity contribution in [3.05, 3.63) is 69.7 Å². The number of benzene rings is 2. The number of hydrogen-bond acceptors (Lipinski definition) is 10. The number of aliphatic hydroxyl groups is 1. The average molecular weight is 623 g/mol. The van der Waals surface area contributed by atoms with Crippen LogP contribution < -0.4 is 19.1 Å². The van der Waals surface area contributed by atoms with Gasteiger partial charge in [0.1, 0.15) is 16.4 Å². The predicted molar refractivity (Wildman–Crippen MR) is 168 cm³/mol. The van der Waals surface area contributed by atoms with E-state index in [-0.39, 0.29) is 27.9 Å². The third-order valence-electron chi connectivity index (χ3n) is 6.87. The molecule has 0 saturated carbocycles. The van der Waals surface area contributed by atoms with Gasteiger partial charge in [0.05, 0.1) is 43.7 Å². The molecule has 234 valence electrons. The predicted octanol–water partition coefficient (Wildman–Crippen LogP) is 6.48. The smallest absolute Gasteiger partial charge is 0.350 e. The molecule has 0 radical (unpaired) electrons. The van der Waals surface area contributed by atoms with E-state index in [4.69, 9.17) is 18.9 Å². The number of hydrogen-bond donors (Lipinski definition) is 1. The second kappa shape index (κ2) is 14.4. The highest BCUT2D eigenvalue weighted by Crippen LogP contribution is 2.45. The summed E-state index contributed by atoms with van der Waals surface area (Å²) >= 11 is 0.948. The van der Waals surface area contributed by atoms with Crippen LogP contribution in [0.25, 0.3) is 5.76 Å². The quantitative estimate of drug-likeness (QED) is 0.0987. The number of aliphatic hydroxyl groups excluding tert-OH is 1. The van der Waals surface area contributed by atoms with Gasteiger partial charge in [-0.3, -0.25) is 14.5 Å². The van der Waals surface area contributed by atoms with E-state index in [2.05, 4.69) is 18.8 Å². The minimum absolute atomic E-state index is 0.124. The molecule has 1 N–H and O–H groups in total. The molecule has 0 aliphatic carbocycles. The zero-order valence-corrected chi connectivity index (χ0v) is 26.7. The number of nitrogens with zero attached hydrogens (tertiary/aromatic N) is 2. The number of carbonyl (C=O) groups excluding carboxylic acids is 3. The number of anilines is 1. The van der Waals surface area contributed by atoms with Gasteiger partial charge in [-0.2, -0.15) is 0 Å². The van der Waals surface area contributed by atoms with Crippen LogP contribution in [-0.2, 0) is 14.3 Å². The van der Waals surface area contributed by atoms with Crippen molar-refractivity contribution in [2.75, 3.05) is 31.3 Å². The van der Waals surface area contributed by atoms with Crippen molar-refractivity contribution in [3.63, 3.8) is 0 Å². The molecule has 4 rings (SSSR count). The molecule has 10 nitrogen and oxygen atoms in total. The van der Waals surface area contributed by atoms with Gasteiger partial charge < -0.3 is 24.1 Å². The van der Waals surface area contributed by atoms with Gasteiger partial charge in [0.25, 0.3) is 5.78 Å². The molecular weight excluding hydrogens is 584 g/mol. The second-order valence-electron chi connectivity index (χ2n) is 10.4. The molecule has 2 aromatic carbocycles. The van der Waals surface area contributed by atoms with Gasteiger partial charge in [0.15, 0.2) is 16.6 Å². The largest absolute Gasteiger partial charge is 0.507 e. The first kappa shape index (κ1) is 32.5. The summed E-state index contributed by atoms with van der Waals surface area (Å²) in [7, 11) is 0. The van der Waals surface area contributed by atoms with E-state index in [1.165, 1.54) is 4.90 Å². The minimum atomic E-state index is -1.08. The van der Waals surface area contributed by atoms with E-state index in [1.807, 2.05) is 13.8 Å². The summed E-state index contributed by atoms with van der Waals surface area (Å²) in [6.45, 7) is 12.7. The molecule has 0 bridgehead atoms. The molecule has 1 fully saturated rings. The number of aryl methyl sites for hydroxylation is 1. The SMILES string of the molecule is CCOC(=O)c1sc(N2C(=O)C(=O)/C(=C(/O)c3ccc(OCC)cc3)C2c2ccc(OCCC(C)C)c(OCC)c2)nc1C. The fraction of sp³-hybridized carbons (Fsp3) is 0.394. The summed E-state index contributed by atoms with van der Waals surface area (Å²) in [5.74, 6) is -0.694. The Hall–Kier alpha value is -4.38. The Labute approximate surface area is 261 Å². The molecule has 11 heteroatoms. The average Bonchev–Trinajstić information content (AvgIpc) is 3.50. The van der Waals surface area contributed by atoms with Crippen LogP contribution in [-0.4, -0.2) is 54.2 Å². The Morgan fingerprint density at radius 2 is 1.68 bits per heavy atom. The number of ketones is 1. The third-order valence-corrected chi connectivity index (χ3v) is 8.01. The van der Waals surface area contributed by atoms with Crippen LogP contribution in [0.1, 0.15) is 73.6 Å². The van der Waals surface area contributed by atoms with Crippen molar-refractivity contribution in [1.29, 1.82) is 0 Å². The van der Waals surface area contributed by atoms with Gasteiger partial charge in [-0.1, -0.05) is 31.3 Å². The number of thiazole rings is 1. The van der Waals surface area contributed by atoms with Crippen LogP contribution in [0, 0.1) is 12.8 Å². The van der Waals surface area contributed by atoms with Crippen LogP contribution in [0.2, 0.25) is 0 Å². The third kappa shape index (κ3) is 6.88. The number of esters is 1. The Balaban J connectivity index is 1.88. The maximum absolute atomic E-state index is 13.7. The van der Waals surface area contributed by atoms with E-state index in [0.29, 0.717) is 59.8 Å². The second-order valence-corrected chi connectivity index (χ2v) is 11.4. The first-order valence-corrected chi connectivity index (χ1v) is 15.5. The topological polar surface area (TPSA) is 124 Å². The normalized spacial score (nSPS) is 16.0. The summed E-state index contributed by atoms with van der Waals surface area (Å²) < 4.78 is 22.6. The first-order valence-electron chi connectivity index (χ1n) is 14.7. The van der Waals surface area contributed by atoms with Crippen molar-refractivity contribution in [3.8, 4) is 17.2 Å². The van der Waals surface area contributed by atoms with Crippen molar-refractivity contribution in [2.24, 2.45) is 5.92 Å². The van der Waals surface area contributed by atoms with Gasteiger partial charge in [-0.15, -0.1) is 0 Å². The molecule has 1 unspecified atom stereocenters. The molecule has 2 heterocycles. The molecule has 1 aromatic heterocycles. The standard InChI is InChI=1S/C33H38N2O8S/c1-7-40-23-13-10-21(11-14-23)28(36)26-27(22-12-15-24(25(18-22)41-8-2)43-17-16-19(4)5)35(31(38)29(26)37)33-34-20(6)30(44-33)32(39)42-9-3/h10-15,18-19,27,36H,7-9,16-17H2,1-6H3/b28-26+. The van der Waals surface area contributed by atoms with E-state index in [0.717, 1.165) is 17.8 Å². The summed E-state index contributed by atoms with van der Waals surface area (Å²) in [6, 6.07) is 10.7. The van der Waals surface area contributed by atoms with Crippen LogP contribution in [0.5, 0.6) is 17.2 Å². The lowest BCUT2D eigenvalue weighted by molar-refractivity contribution is -0.132. The van der Waals surface area contributed by atoms with Gasteiger partial charge >= 0.3 is 11.9 Å². The highest BCUT2D eigenvalue weighted by atomic mass is 32.1. The number of Topliss-reactive ketones (excluding diaryl/α,β-unsaturated/α-hetero) is 1. The first-order chi connectivity index (χ1) is 21.1. The summed E-state index contributed by atoms with van der Waals surface area (Å²) in [4.78, 5) is 45.9. The van der Waals surface area contributed by atoms with Crippen molar-refractivity contribution >= 4 is 39.9 Å². The van der Waals surface area contributed by atoms with Crippen LogP contribution in [0.15, 0.2) is 48.0 Å². The summed E-state index contributed by atoms with van der Waals surface area (Å²) in [5.41, 5.74) is 1.06. The molecule has 0 spiro atoms. The van der Waals surface area contributed by atoms with Gasteiger partial charge in [0.2, 0.25) is 0 Å². The van der Waals surface area contributed by atoms with Crippen molar-refractivity contribution in [2.45, 2.75) is 54.0 Å². The molecular formula is C33H38N2O8S. The molecule has 1 saturated heterocycles. The lowest BCUT2D eigenvalue weighted by atomic mass is 9.95. The van der Waals surface area contributed by atoms with E-state index in [1.54, 1.807) is 56.3 Å². The fourth-order valence-electron chi connectivity index (χ4n) is 4.73. The Morgan fingerprint density at radius 1 is 0.977 bits per heavy atom. The Kier molecular flexibility index (Phi) is 10.6. The zero-order valence-electron chi connectivity index (χ0n) is 25.8. The Bertz CT molecular complexity index is 1540. The van der Waals surface area contributed by atoms with Gasteiger partial charge in [-0.25, -0.2) is 9.78 Å². The van der Waals surface area contributed by atoms with Gasteiger partial charge in [0, 0.05) is 5.56 Å². The number of amides is 1. The van der Waals surface area contributed by atoms with Crippen LogP contribution in [0.3, 0.4) is 0 Å². The maximum Gasteiger partial charge on any atom is 0.350 e.